The maximum absolute atomic E-state index is 10.6. The summed E-state index contributed by atoms with van der Waals surface area (Å²) in [5, 5.41) is 3.90. The van der Waals surface area contributed by atoms with Crippen LogP contribution in [0.1, 0.15) is 23.6 Å². The number of carbonyl (C=O) groups excluding carboxylic acids is 1. The summed E-state index contributed by atoms with van der Waals surface area (Å²) in [7, 11) is 0. The molecule has 0 atom stereocenters. The standard InChI is InChI=1S/C16H17N3O/c1-12(18-19-16(17)20)15-9-7-14(8-10-15)11-13-5-3-2-4-6-13/h2-10H,11H2,1H3,(H3,17,19,20)/b18-12+. The van der Waals surface area contributed by atoms with Crippen molar-refractivity contribution in [1.29, 1.82) is 0 Å². The number of carbonyl (C=O) groups is 1. The van der Waals surface area contributed by atoms with E-state index in [2.05, 4.69) is 34.8 Å². The zero-order valence-electron chi connectivity index (χ0n) is 11.3. The fourth-order valence-corrected chi connectivity index (χ4v) is 1.90. The van der Waals surface area contributed by atoms with E-state index < -0.39 is 6.03 Å². The SMILES string of the molecule is C/C(=N\NC(N)=O)c1ccc(Cc2ccccc2)cc1. The van der Waals surface area contributed by atoms with E-state index in [0.717, 1.165) is 17.7 Å². The van der Waals surface area contributed by atoms with E-state index in [1.54, 1.807) is 0 Å². The van der Waals surface area contributed by atoms with Crippen LogP contribution in [0.5, 0.6) is 0 Å². The molecule has 20 heavy (non-hydrogen) atoms. The third-order valence-corrected chi connectivity index (χ3v) is 2.96. The van der Waals surface area contributed by atoms with Crippen LogP contribution in [0.3, 0.4) is 0 Å². The highest BCUT2D eigenvalue weighted by atomic mass is 16.2. The van der Waals surface area contributed by atoms with Gasteiger partial charge in [0, 0.05) is 0 Å². The first-order valence-electron chi connectivity index (χ1n) is 6.38. The molecule has 3 N–H and O–H groups in total. The monoisotopic (exact) mass is 267 g/mol. The minimum Gasteiger partial charge on any atom is -0.350 e. The van der Waals surface area contributed by atoms with Crippen LogP contribution >= 0.6 is 0 Å². The Bertz CT molecular complexity index is 603. The summed E-state index contributed by atoms with van der Waals surface area (Å²) < 4.78 is 0. The lowest BCUT2D eigenvalue weighted by Gasteiger charge is -2.04. The van der Waals surface area contributed by atoms with E-state index >= 15 is 0 Å². The van der Waals surface area contributed by atoms with Crippen LogP contribution in [0.2, 0.25) is 0 Å². The first-order chi connectivity index (χ1) is 9.65. The van der Waals surface area contributed by atoms with Gasteiger partial charge in [0.25, 0.3) is 0 Å². The molecule has 0 aliphatic heterocycles. The van der Waals surface area contributed by atoms with E-state index in [-0.39, 0.29) is 0 Å². The molecule has 0 bridgehead atoms. The lowest BCUT2D eigenvalue weighted by atomic mass is 10.0. The van der Waals surface area contributed by atoms with Gasteiger partial charge in [0.15, 0.2) is 0 Å². The van der Waals surface area contributed by atoms with Gasteiger partial charge in [-0.3, -0.25) is 0 Å². The number of rotatable bonds is 4. The summed E-state index contributed by atoms with van der Waals surface area (Å²) in [6, 6.07) is 17.7. The molecule has 0 aliphatic rings. The second kappa shape index (κ2) is 6.52. The highest BCUT2D eigenvalue weighted by molar-refractivity contribution is 5.99. The van der Waals surface area contributed by atoms with E-state index in [0.29, 0.717) is 0 Å². The van der Waals surface area contributed by atoms with Crippen molar-refractivity contribution in [3.63, 3.8) is 0 Å². The zero-order chi connectivity index (χ0) is 14.4. The molecule has 0 heterocycles. The summed E-state index contributed by atoms with van der Waals surface area (Å²) in [4.78, 5) is 10.6. The van der Waals surface area contributed by atoms with E-state index in [1.807, 2.05) is 37.3 Å². The van der Waals surface area contributed by atoms with Crippen molar-refractivity contribution in [2.75, 3.05) is 0 Å². The molecule has 0 saturated carbocycles. The van der Waals surface area contributed by atoms with Gasteiger partial charge in [-0.2, -0.15) is 5.10 Å². The van der Waals surface area contributed by atoms with Crippen molar-refractivity contribution in [1.82, 2.24) is 5.43 Å². The number of hydrazone groups is 1. The quantitative estimate of drug-likeness (QED) is 0.649. The third kappa shape index (κ3) is 3.95. The molecule has 2 rings (SSSR count). The molecule has 0 unspecified atom stereocenters. The number of nitrogens with zero attached hydrogens (tertiary/aromatic N) is 1. The molecule has 0 fully saturated rings. The van der Waals surface area contributed by atoms with Crippen molar-refractivity contribution in [3.8, 4) is 0 Å². The molecule has 4 nitrogen and oxygen atoms in total. The largest absolute Gasteiger partial charge is 0.350 e. The Morgan fingerprint density at radius 1 is 1.05 bits per heavy atom. The van der Waals surface area contributed by atoms with Gasteiger partial charge in [-0.1, -0.05) is 54.6 Å². The van der Waals surface area contributed by atoms with E-state index in [4.69, 9.17) is 5.73 Å². The molecule has 4 heteroatoms. The second-order valence-corrected chi connectivity index (χ2v) is 4.53. The summed E-state index contributed by atoms with van der Waals surface area (Å²) in [6.07, 6.45) is 0.900. The van der Waals surface area contributed by atoms with Crippen molar-refractivity contribution < 1.29 is 4.79 Å². The Balaban J connectivity index is 2.06. The van der Waals surface area contributed by atoms with Crippen molar-refractivity contribution in [3.05, 3.63) is 71.3 Å². The maximum atomic E-state index is 10.6. The van der Waals surface area contributed by atoms with Crippen molar-refractivity contribution in [2.45, 2.75) is 13.3 Å². The van der Waals surface area contributed by atoms with Crippen molar-refractivity contribution >= 4 is 11.7 Å². The molecule has 2 aromatic rings. The highest BCUT2D eigenvalue weighted by Gasteiger charge is 2.00. The Hall–Kier alpha value is -2.62. The predicted molar refractivity (Wildman–Crippen MR) is 80.6 cm³/mol. The summed E-state index contributed by atoms with van der Waals surface area (Å²) in [5.74, 6) is 0. The lowest BCUT2D eigenvalue weighted by molar-refractivity contribution is 0.249. The lowest BCUT2D eigenvalue weighted by Crippen LogP contribution is -2.25. The Morgan fingerprint density at radius 2 is 1.65 bits per heavy atom. The fraction of sp³-hybridized carbons (Fsp3) is 0.125. The number of primary amides is 1. The van der Waals surface area contributed by atoms with Crippen LogP contribution in [0.4, 0.5) is 4.79 Å². The number of hydrogen-bond acceptors (Lipinski definition) is 2. The van der Waals surface area contributed by atoms with Gasteiger partial charge < -0.3 is 5.73 Å². The van der Waals surface area contributed by atoms with E-state index in [1.165, 1.54) is 11.1 Å². The topological polar surface area (TPSA) is 67.5 Å². The van der Waals surface area contributed by atoms with Crippen LogP contribution < -0.4 is 11.2 Å². The van der Waals surface area contributed by atoms with Crippen LogP contribution in [-0.2, 0) is 6.42 Å². The maximum Gasteiger partial charge on any atom is 0.332 e. The minimum atomic E-state index is -0.662. The first-order valence-corrected chi connectivity index (χ1v) is 6.38. The summed E-state index contributed by atoms with van der Waals surface area (Å²) in [5.41, 5.74) is 11.4. The van der Waals surface area contributed by atoms with Gasteiger partial charge in [0.2, 0.25) is 0 Å². The van der Waals surface area contributed by atoms with Gasteiger partial charge in [-0.05, 0) is 30.0 Å². The predicted octanol–water partition coefficient (Wildman–Crippen LogP) is 2.67. The van der Waals surface area contributed by atoms with Crippen LogP contribution in [-0.4, -0.2) is 11.7 Å². The number of nitrogens with two attached hydrogens (primary N) is 1. The second-order valence-electron chi connectivity index (χ2n) is 4.53. The normalized spacial score (nSPS) is 11.2. The summed E-state index contributed by atoms with van der Waals surface area (Å²) in [6.45, 7) is 1.82. The molecule has 102 valence electrons. The molecule has 0 aliphatic carbocycles. The van der Waals surface area contributed by atoms with Crippen LogP contribution in [0.25, 0.3) is 0 Å². The molecule has 0 radical (unpaired) electrons. The number of nitrogens with one attached hydrogen (secondary N) is 1. The molecular weight excluding hydrogens is 250 g/mol. The molecule has 2 aromatic carbocycles. The van der Waals surface area contributed by atoms with Crippen LogP contribution in [0, 0.1) is 0 Å². The number of hydrogen-bond donors (Lipinski definition) is 2. The van der Waals surface area contributed by atoms with Gasteiger partial charge in [-0.25, -0.2) is 10.2 Å². The zero-order valence-corrected chi connectivity index (χ0v) is 11.3. The average Bonchev–Trinajstić information content (AvgIpc) is 2.46. The average molecular weight is 267 g/mol. The Morgan fingerprint density at radius 3 is 2.25 bits per heavy atom. The third-order valence-electron chi connectivity index (χ3n) is 2.96. The number of benzene rings is 2. The highest BCUT2D eigenvalue weighted by Crippen LogP contribution is 2.11. The van der Waals surface area contributed by atoms with Gasteiger partial charge in [-0.15, -0.1) is 0 Å². The molecule has 0 spiro atoms. The Kier molecular flexibility index (Phi) is 4.50. The van der Waals surface area contributed by atoms with Crippen LogP contribution in [0.15, 0.2) is 59.7 Å². The van der Waals surface area contributed by atoms with Crippen molar-refractivity contribution in [2.24, 2.45) is 10.8 Å². The fourth-order valence-electron chi connectivity index (χ4n) is 1.90. The van der Waals surface area contributed by atoms with Gasteiger partial charge in [0.05, 0.1) is 5.71 Å². The summed E-state index contributed by atoms with van der Waals surface area (Å²) >= 11 is 0. The number of amides is 2. The molecular formula is C16H17N3O. The molecule has 0 aromatic heterocycles. The van der Waals surface area contributed by atoms with Gasteiger partial charge >= 0.3 is 6.03 Å². The van der Waals surface area contributed by atoms with Gasteiger partial charge in [0.1, 0.15) is 0 Å². The number of urea groups is 1. The smallest absolute Gasteiger partial charge is 0.332 e. The van der Waals surface area contributed by atoms with E-state index in [9.17, 15) is 4.79 Å². The molecule has 2 amide bonds. The first kappa shape index (κ1) is 13.8. The Labute approximate surface area is 118 Å². The minimum absolute atomic E-state index is 0.662. The molecule has 0 saturated heterocycles.